The van der Waals surface area contributed by atoms with Gasteiger partial charge in [0.1, 0.15) is 17.9 Å². The number of hydrogen-bond acceptors (Lipinski definition) is 3. The van der Waals surface area contributed by atoms with Gasteiger partial charge in [-0.15, -0.1) is 0 Å². The number of carbonyl (C=O) groups excluding carboxylic acids is 3. The minimum absolute atomic E-state index is 0.177. The third kappa shape index (κ3) is 2.45. The summed E-state index contributed by atoms with van der Waals surface area (Å²) >= 11 is 3.10. The summed E-state index contributed by atoms with van der Waals surface area (Å²) in [5.41, 5.74) is -1.39. The van der Waals surface area contributed by atoms with Crippen molar-refractivity contribution in [1.29, 1.82) is 0 Å². The zero-order valence-corrected chi connectivity index (χ0v) is 12.5. The lowest BCUT2D eigenvalue weighted by molar-refractivity contribution is -0.143. The highest BCUT2D eigenvalue weighted by atomic mass is 79.9. The monoisotopic (exact) mass is 342 g/mol. The predicted molar refractivity (Wildman–Crippen MR) is 72.4 cm³/mol. The summed E-state index contributed by atoms with van der Waals surface area (Å²) in [5, 5.41) is 2.16. The van der Waals surface area contributed by atoms with Gasteiger partial charge < -0.3 is 4.90 Å². The molecule has 0 atom stereocenters. The van der Waals surface area contributed by atoms with Crippen LogP contribution < -0.4 is 5.32 Å². The zero-order valence-electron chi connectivity index (χ0n) is 10.9. The van der Waals surface area contributed by atoms with Gasteiger partial charge in [0.2, 0.25) is 5.91 Å². The number of carbonyl (C=O) groups is 3. The third-order valence-electron chi connectivity index (χ3n) is 3.19. The Morgan fingerprint density at radius 2 is 2.05 bits per heavy atom. The lowest BCUT2D eigenvalue weighted by atomic mass is 9.97. The number of halogens is 2. The Morgan fingerprint density at radius 1 is 1.40 bits per heavy atom. The number of imide groups is 1. The molecular weight excluding hydrogens is 331 g/mol. The van der Waals surface area contributed by atoms with Crippen LogP contribution in [0.1, 0.15) is 24.2 Å². The summed E-state index contributed by atoms with van der Waals surface area (Å²) in [6.45, 7) is 2.72. The first-order valence-electron chi connectivity index (χ1n) is 5.85. The van der Waals surface area contributed by atoms with E-state index in [-0.39, 0.29) is 12.1 Å². The summed E-state index contributed by atoms with van der Waals surface area (Å²) in [4.78, 5) is 36.7. The molecule has 0 spiro atoms. The molecule has 1 aromatic rings. The second-order valence-corrected chi connectivity index (χ2v) is 5.87. The highest BCUT2D eigenvalue weighted by Crippen LogP contribution is 2.23. The van der Waals surface area contributed by atoms with Crippen molar-refractivity contribution in [2.24, 2.45) is 0 Å². The molecule has 2 rings (SSSR count). The van der Waals surface area contributed by atoms with Crippen LogP contribution in [-0.4, -0.2) is 34.7 Å². The van der Waals surface area contributed by atoms with Crippen molar-refractivity contribution in [3.05, 3.63) is 34.1 Å². The Labute approximate surface area is 123 Å². The summed E-state index contributed by atoms with van der Waals surface area (Å²) in [6, 6.07) is 4.00. The van der Waals surface area contributed by atoms with Crippen LogP contribution in [0.3, 0.4) is 0 Å². The third-order valence-corrected chi connectivity index (χ3v) is 3.69. The molecule has 1 aliphatic heterocycles. The molecule has 0 unspecified atom stereocenters. The Hall–Kier alpha value is -1.76. The minimum atomic E-state index is -1.22. The van der Waals surface area contributed by atoms with Crippen LogP contribution in [0.4, 0.5) is 4.39 Å². The molecule has 0 aliphatic carbocycles. The maximum atomic E-state index is 13.8. The highest BCUT2D eigenvalue weighted by Gasteiger charge is 2.44. The molecule has 0 radical (unpaired) electrons. The van der Waals surface area contributed by atoms with E-state index < -0.39 is 29.1 Å². The Bertz CT molecular complexity index is 616. The van der Waals surface area contributed by atoms with Gasteiger partial charge in [-0.3, -0.25) is 19.7 Å². The summed E-state index contributed by atoms with van der Waals surface area (Å²) < 4.78 is 14.3. The minimum Gasteiger partial charge on any atom is -0.315 e. The average Bonchev–Trinajstić information content (AvgIpc) is 2.33. The van der Waals surface area contributed by atoms with Crippen LogP contribution in [0.25, 0.3) is 0 Å². The normalized spacial score (nSPS) is 17.9. The second-order valence-electron chi connectivity index (χ2n) is 4.95. The van der Waals surface area contributed by atoms with Crippen molar-refractivity contribution in [1.82, 2.24) is 10.2 Å². The van der Waals surface area contributed by atoms with Gasteiger partial charge in [-0.05, 0) is 32.0 Å². The molecule has 0 aromatic heterocycles. The van der Waals surface area contributed by atoms with E-state index >= 15 is 0 Å². The van der Waals surface area contributed by atoms with Gasteiger partial charge in [0.15, 0.2) is 0 Å². The lowest BCUT2D eigenvalue weighted by Crippen LogP contribution is -2.65. The average molecular weight is 343 g/mol. The van der Waals surface area contributed by atoms with E-state index in [1.165, 1.54) is 26.0 Å². The molecule has 20 heavy (non-hydrogen) atoms. The summed E-state index contributed by atoms with van der Waals surface area (Å²) in [6.07, 6.45) is 0. The maximum Gasteiger partial charge on any atom is 0.258 e. The van der Waals surface area contributed by atoms with Crippen molar-refractivity contribution < 1.29 is 18.8 Å². The van der Waals surface area contributed by atoms with Gasteiger partial charge in [-0.1, -0.05) is 15.9 Å². The largest absolute Gasteiger partial charge is 0.315 e. The Kier molecular flexibility index (Phi) is 3.64. The molecule has 3 amide bonds. The predicted octanol–water partition coefficient (Wildman–Crippen LogP) is 1.47. The van der Waals surface area contributed by atoms with Crippen LogP contribution in [0.5, 0.6) is 0 Å². The molecule has 1 aliphatic rings. The molecule has 1 saturated heterocycles. The van der Waals surface area contributed by atoms with Crippen molar-refractivity contribution >= 4 is 33.7 Å². The molecule has 7 heteroatoms. The molecule has 106 valence electrons. The molecule has 5 nitrogen and oxygen atoms in total. The molecule has 0 saturated carbocycles. The molecule has 1 N–H and O–H groups in total. The number of nitrogens with one attached hydrogen (secondary N) is 1. The number of hydrogen-bond donors (Lipinski definition) is 1. The first-order valence-corrected chi connectivity index (χ1v) is 6.64. The van der Waals surface area contributed by atoms with Crippen molar-refractivity contribution in [2.75, 3.05) is 6.54 Å². The zero-order chi connectivity index (χ0) is 15.1. The number of nitrogens with zero attached hydrogens (tertiary/aromatic N) is 1. The number of piperazine rings is 1. The fraction of sp³-hybridized carbons (Fsp3) is 0.308. The smallest absolute Gasteiger partial charge is 0.258 e. The van der Waals surface area contributed by atoms with E-state index in [4.69, 9.17) is 0 Å². The first kappa shape index (κ1) is 14.6. The fourth-order valence-electron chi connectivity index (χ4n) is 1.92. The van der Waals surface area contributed by atoms with Crippen LogP contribution in [0, 0.1) is 5.82 Å². The van der Waals surface area contributed by atoms with Crippen molar-refractivity contribution in [2.45, 2.75) is 19.4 Å². The van der Waals surface area contributed by atoms with Gasteiger partial charge >= 0.3 is 0 Å². The molecule has 1 heterocycles. The number of amides is 3. The highest BCUT2D eigenvalue weighted by molar-refractivity contribution is 9.10. The lowest BCUT2D eigenvalue weighted by Gasteiger charge is -2.40. The van der Waals surface area contributed by atoms with Gasteiger partial charge in [0.25, 0.3) is 11.8 Å². The SMILES string of the molecule is CC1(C)C(=O)NC(=O)CN1C(=O)c1ccc(Br)cc1F. The summed E-state index contributed by atoms with van der Waals surface area (Å²) in [7, 11) is 0. The molecular formula is C13H12BrFN2O3. The topological polar surface area (TPSA) is 66.5 Å². The van der Waals surface area contributed by atoms with E-state index in [1.807, 2.05) is 0 Å². The van der Waals surface area contributed by atoms with E-state index in [0.29, 0.717) is 4.47 Å². The van der Waals surface area contributed by atoms with Crippen LogP contribution in [0.2, 0.25) is 0 Å². The van der Waals surface area contributed by atoms with Crippen LogP contribution in [0.15, 0.2) is 22.7 Å². The van der Waals surface area contributed by atoms with E-state index in [0.717, 1.165) is 11.0 Å². The summed E-state index contributed by atoms with van der Waals surface area (Å²) in [5.74, 6) is -2.57. The number of benzene rings is 1. The first-order chi connectivity index (χ1) is 9.23. The van der Waals surface area contributed by atoms with E-state index in [2.05, 4.69) is 21.2 Å². The fourth-order valence-corrected chi connectivity index (χ4v) is 2.25. The quantitative estimate of drug-likeness (QED) is 0.786. The van der Waals surface area contributed by atoms with Gasteiger partial charge in [-0.2, -0.15) is 0 Å². The standard InChI is InChI=1S/C13H12BrFN2O3/c1-13(2)12(20)16-10(18)6-17(13)11(19)8-4-3-7(14)5-9(8)15/h3-5H,6H2,1-2H3,(H,16,18,20). The molecule has 1 aromatic carbocycles. The van der Waals surface area contributed by atoms with Crippen LogP contribution in [-0.2, 0) is 9.59 Å². The molecule has 0 bridgehead atoms. The van der Waals surface area contributed by atoms with Crippen LogP contribution >= 0.6 is 15.9 Å². The Balaban J connectivity index is 2.40. The van der Waals surface area contributed by atoms with Gasteiger partial charge in [0.05, 0.1) is 5.56 Å². The van der Waals surface area contributed by atoms with Gasteiger partial charge in [0, 0.05) is 4.47 Å². The van der Waals surface area contributed by atoms with Crippen molar-refractivity contribution in [3.63, 3.8) is 0 Å². The van der Waals surface area contributed by atoms with E-state index in [1.54, 1.807) is 0 Å². The maximum absolute atomic E-state index is 13.8. The Morgan fingerprint density at radius 3 is 2.65 bits per heavy atom. The molecule has 1 fully saturated rings. The van der Waals surface area contributed by atoms with Crippen molar-refractivity contribution in [3.8, 4) is 0 Å². The van der Waals surface area contributed by atoms with E-state index in [9.17, 15) is 18.8 Å². The second kappa shape index (κ2) is 4.97. The van der Waals surface area contributed by atoms with Gasteiger partial charge in [-0.25, -0.2) is 4.39 Å². The number of rotatable bonds is 1.